The van der Waals surface area contributed by atoms with Crippen LogP contribution < -0.4 is 0 Å². The van der Waals surface area contributed by atoms with E-state index in [2.05, 4.69) is 0 Å². The monoisotopic (exact) mass is 204 g/mol. The van der Waals surface area contributed by atoms with Gasteiger partial charge in [0.05, 0.1) is 13.2 Å². The van der Waals surface area contributed by atoms with Crippen LogP contribution in [0.3, 0.4) is 0 Å². The average molecular weight is 205 g/mol. The van der Waals surface area contributed by atoms with E-state index in [1.54, 1.807) is 0 Å². The van der Waals surface area contributed by atoms with Crippen LogP contribution in [-0.2, 0) is 18.0 Å². The van der Waals surface area contributed by atoms with E-state index < -0.39 is 5.82 Å². The first kappa shape index (κ1) is 10.4. The van der Waals surface area contributed by atoms with Gasteiger partial charge in [-0.1, -0.05) is 11.6 Å². The summed E-state index contributed by atoms with van der Waals surface area (Å²) in [5.74, 6) is -0.450. The number of aliphatic hydroxyl groups is 1. The van der Waals surface area contributed by atoms with Crippen molar-refractivity contribution in [3.05, 3.63) is 34.1 Å². The van der Waals surface area contributed by atoms with Crippen molar-refractivity contribution in [2.24, 2.45) is 0 Å². The number of hydrogen-bond donors (Lipinski definition) is 1. The third-order valence-corrected chi connectivity index (χ3v) is 1.88. The van der Waals surface area contributed by atoms with Crippen LogP contribution in [0.1, 0.15) is 11.1 Å². The third kappa shape index (κ3) is 2.40. The molecule has 2 nitrogen and oxygen atoms in total. The second-order valence-electron chi connectivity index (χ2n) is 2.63. The van der Waals surface area contributed by atoms with Crippen LogP contribution in [0, 0.1) is 5.82 Å². The van der Waals surface area contributed by atoms with E-state index in [-0.39, 0.29) is 18.8 Å². The molecule has 72 valence electrons. The van der Waals surface area contributed by atoms with E-state index in [1.807, 2.05) is 0 Å². The van der Waals surface area contributed by atoms with Gasteiger partial charge in [-0.25, -0.2) is 4.39 Å². The summed E-state index contributed by atoms with van der Waals surface area (Å²) < 4.78 is 18.1. The molecule has 0 aliphatic heterocycles. The lowest BCUT2D eigenvalue weighted by Gasteiger charge is -2.06. The maximum absolute atomic E-state index is 13.3. The van der Waals surface area contributed by atoms with Gasteiger partial charge in [0.15, 0.2) is 0 Å². The average Bonchev–Trinajstić information content (AvgIpc) is 2.11. The van der Waals surface area contributed by atoms with Crippen molar-refractivity contribution < 1.29 is 14.2 Å². The van der Waals surface area contributed by atoms with Crippen LogP contribution in [0.15, 0.2) is 12.1 Å². The number of benzene rings is 1. The molecule has 1 rings (SSSR count). The topological polar surface area (TPSA) is 29.5 Å². The molecule has 0 saturated carbocycles. The summed E-state index contributed by atoms with van der Waals surface area (Å²) in [5, 5.41) is 9.20. The molecule has 1 aromatic rings. The summed E-state index contributed by atoms with van der Waals surface area (Å²) in [6.07, 6.45) is 0. The Bertz CT molecular complexity index is 302. The number of rotatable bonds is 3. The van der Waals surface area contributed by atoms with Crippen molar-refractivity contribution in [1.82, 2.24) is 0 Å². The van der Waals surface area contributed by atoms with Crippen molar-refractivity contribution in [3.8, 4) is 0 Å². The zero-order chi connectivity index (χ0) is 9.84. The number of ether oxygens (including phenoxy) is 1. The normalized spacial score (nSPS) is 10.5. The molecule has 0 spiro atoms. The fraction of sp³-hybridized carbons (Fsp3) is 0.333. The van der Waals surface area contributed by atoms with Crippen molar-refractivity contribution >= 4 is 11.6 Å². The van der Waals surface area contributed by atoms with Crippen LogP contribution in [0.25, 0.3) is 0 Å². The summed E-state index contributed by atoms with van der Waals surface area (Å²) in [5.41, 5.74) is 0.554. The van der Waals surface area contributed by atoms with Crippen molar-refractivity contribution in [2.75, 3.05) is 7.11 Å². The van der Waals surface area contributed by atoms with Crippen LogP contribution in [-0.4, -0.2) is 12.2 Å². The fourth-order valence-corrected chi connectivity index (χ4v) is 1.35. The first-order chi connectivity index (χ1) is 6.19. The van der Waals surface area contributed by atoms with Gasteiger partial charge >= 0.3 is 0 Å². The van der Waals surface area contributed by atoms with Crippen LogP contribution >= 0.6 is 11.6 Å². The van der Waals surface area contributed by atoms with E-state index in [4.69, 9.17) is 21.4 Å². The van der Waals surface area contributed by atoms with Gasteiger partial charge in [-0.15, -0.1) is 0 Å². The number of hydrogen-bond acceptors (Lipinski definition) is 2. The summed E-state index contributed by atoms with van der Waals surface area (Å²) in [7, 11) is 1.47. The Morgan fingerprint density at radius 3 is 2.62 bits per heavy atom. The molecule has 13 heavy (non-hydrogen) atoms. The Balaban J connectivity index is 3.11. The second kappa shape index (κ2) is 4.56. The Hall–Kier alpha value is -0.640. The van der Waals surface area contributed by atoms with Crippen LogP contribution in [0.2, 0.25) is 5.02 Å². The highest BCUT2D eigenvalue weighted by Gasteiger charge is 2.08. The van der Waals surface area contributed by atoms with Gasteiger partial charge in [0.25, 0.3) is 0 Å². The molecule has 0 amide bonds. The Morgan fingerprint density at radius 2 is 2.08 bits per heavy atom. The maximum Gasteiger partial charge on any atom is 0.134 e. The highest BCUT2D eigenvalue weighted by atomic mass is 35.5. The quantitative estimate of drug-likeness (QED) is 0.817. The van der Waals surface area contributed by atoms with E-state index in [1.165, 1.54) is 19.2 Å². The highest BCUT2D eigenvalue weighted by molar-refractivity contribution is 6.30. The van der Waals surface area contributed by atoms with Gasteiger partial charge in [-0.3, -0.25) is 0 Å². The fourth-order valence-electron chi connectivity index (χ4n) is 1.08. The van der Waals surface area contributed by atoms with E-state index in [9.17, 15) is 4.39 Å². The Morgan fingerprint density at radius 1 is 1.46 bits per heavy atom. The van der Waals surface area contributed by atoms with Gasteiger partial charge in [0.1, 0.15) is 5.82 Å². The molecular formula is C9H10ClFO2. The molecule has 0 aliphatic rings. The van der Waals surface area contributed by atoms with Gasteiger partial charge in [-0.05, 0) is 12.1 Å². The third-order valence-electron chi connectivity index (χ3n) is 1.66. The van der Waals surface area contributed by atoms with Gasteiger partial charge in [0.2, 0.25) is 0 Å². The smallest absolute Gasteiger partial charge is 0.134 e. The van der Waals surface area contributed by atoms with Gasteiger partial charge in [-0.2, -0.15) is 0 Å². The number of halogens is 2. The minimum atomic E-state index is -0.450. The minimum absolute atomic E-state index is 0.152. The lowest BCUT2D eigenvalue weighted by Crippen LogP contribution is -1.98. The molecule has 4 heteroatoms. The molecule has 0 heterocycles. The number of aliphatic hydroxyl groups excluding tert-OH is 1. The summed E-state index contributed by atoms with van der Waals surface area (Å²) >= 11 is 5.70. The molecule has 0 bridgehead atoms. The van der Waals surface area contributed by atoms with Crippen molar-refractivity contribution in [2.45, 2.75) is 13.2 Å². The Labute approximate surface area is 80.9 Å². The lowest BCUT2D eigenvalue weighted by molar-refractivity contribution is 0.180. The van der Waals surface area contributed by atoms with Crippen molar-refractivity contribution in [1.29, 1.82) is 0 Å². The summed E-state index contributed by atoms with van der Waals surface area (Å²) in [6, 6.07) is 2.88. The van der Waals surface area contributed by atoms with Crippen molar-refractivity contribution in [3.63, 3.8) is 0 Å². The van der Waals surface area contributed by atoms with E-state index in [0.717, 1.165) is 0 Å². The molecular weight excluding hydrogens is 195 g/mol. The molecule has 0 fully saturated rings. The molecule has 1 aromatic carbocycles. The van der Waals surface area contributed by atoms with Crippen LogP contribution in [0.4, 0.5) is 4.39 Å². The summed E-state index contributed by atoms with van der Waals surface area (Å²) in [4.78, 5) is 0. The first-order valence-corrected chi connectivity index (χ1v) is 4.13. The molecule has 0 radical (unpaired) electrons. The Kier molecular flexibility index (Phi) is 3.66. The first-order valence-electron chi connectivity index (χ1n) is 3.75. The highest BCUT2D eigenvalue weighted by Crippen LogP contribution is 2.20. The SMILES string of the molecule is COCc1cc(Cl)cc(CO)c1F. The molecule has 0 unspecified atom stereocenters. The zero-order valence-electron chi connectivity index (χ0n) is 7.18. The van der Waals surface area contributed by atoms with E-state index >= 15 is 0 Å². The maximum atomic E-state index is 13.3. The van der Waals surface area contributed by atoms with Crippen LogP contribution in [0.5, 0.6) is 0 Å². The lowest BCUT2D eigenvalue weighted by atomic mass is 10.1. The molecule has 0 saturated heterocycles. The molecule has 1 N–H and O–H groups in total. The molecule has 0 aliphatic carbocycles. The molecule has 0 atom stereocenters. The summed E-state index contributed by atoms with van der Waals surface area (Å²) in [6.45, 7) is -0.206. The van der Waals surface area contributed by atoms with Gasteiger partial charge in [0, 0.05) is 23.3 Å². The van der Waals surface area contributed by atoms with E-state index in [0.29, 0.717) is 10.6 Å². The minimum Gasteiger partial charge on any atom is -0.392 e. The largest absolute Gasteiger partial charge is 0.392 e. The predicted octanol–water partition coefficient (Wildman–Crippen LogP) is 2.12. The molecule has 0 aromatic heterocycles. The second-order valence-corrected chi connectivity index (χ2v) is 3.07. The van der Waals surface area contributed by atoms with Gasteiger partial charge < -0.3 is 9.84 Å². The number of methoxy groups -OCH3 is 1. The predicted molar refractivity (Wildman–Crippen MR) is 48.0 cm³/mol. The standard InChI is InChI=1S/C9H10ClFO2/c1-13-5-7-3-8(10)2-6(4-12)9(7)11/h2-3,12H,4-5H2,1H3. The zero-order valence-corrected chi connectivity index (χ0v) is 7.94.